The highest BCUT2D eigenvalue weighted by atomic mass is 16.5. The van der Waals surface area contributed by atoms with Crippen LogP contribution in [0.1, 0.15) is 26.2 Å². The molecule has 4 nitrogen and oxygen atoms in total. The zero-order chi connectivity index (χ0) is 9.68. The molecule has 1 aliphatic heterocycles. The van der Waals surface area contributed by atoms with Crippen LogP contribution in [-0.2, 0) is 9.53 Å². The lowest BCUT2D eigenvalue weighted by atomic mass is 10.1. The average molecular weight is 184 g/mol. The van der Waals surface area contributed by atoms with Gasteiger partial charge in [-0.3, -0.25) is 10.1 Å². The van der Waals surface area contributed by atoms with E-state index in [9.17, 15) is 4.79 Å². The van der Waals surface area contributed by atoms with Crippen molar-refractivity contribution in [1.82, 2.24) is 5.32 Å². The molecule has 4 heteroatoms. The Bertz CT molecular complexity index is 194. The number of carbonyl (C=O) groups excluding carboxylic acids is 1. The fourth-order valence-electron chi connectivity index (χ4n) is 1.45. The van der Waals surface area contributed by atoms with Crippen molar-refractivity contribution in [2.24, 2.45) is 0 Å². The van der Waals surface area contributed by atoms with Crippen LogP contribution in [0.25, 0.3) is 0 Å². The van der Waals surface area contributed by atoms with E-state index in [1.54, 1.807) is 0 Å². The van der Waals surface area contributed by atoms with E-state index in [2.05, 4.69) is 12.2 Å². The maximum atomic E-state index is 10.3. The molecule has 0 aromatic heterocycles. The molecule has 0 saturated carbocycles. The minimum atomic E-state index is -0.459. The molecule has 0 aliphatic carbocycles. The van der Waals surface area contributed by atoms with E-state index in [1.165, 1.54) is 0 Å². The summed E-state index contributed by atoms with van der Waals surface area (Å²) >= 11 is 0. The quantitative estimate of drug-likeness (QED) is 0.488. The third-order valence-corrected chi connectivity index (χ3v) is 2.05. The Labute approximate surface area is 78.2 Å². The molecule has 0 aromatic rings. The van der Waals surface area contributed by atoms with Crippen LogP contribution in [0.4, 0.5) is 0 Å². The standard InChI is InChI=1S/C9H16N2O2/c1-2-3-7(10)4-8-6-13-9(5-12)11-8/h5,8-11H,2-4,6H2,1H3. The molecule has 0 bridgehead atoms. The van der Waals surface area contributed by atoms with Gasteiger partial charge in [0.1, 0.15) is 0 Å². The van der Waals surface area contributed by atoms with Crippen LogP contribution in [0.15, 0.2) is 0 Å². The van der Waals surface area contributed by atoms with Gasteiger partial charge in [0.25, 0.3) is 0 Å². The van der Waals surface area contributed by atoms with Crippen molar-refractivity contribution >= 4 is 12.0 Å². The van der Waals surface area contributed by atoms with Crippen LogP contribution < -0.4 is 5.32 Å². The highest BCUT2D eigenvalue weighted by molar-refractivity contribution is 5.81. The van der Waals surface area contributed by atoms with E-state index in [4.69, 9.17) is 10.1 Å². The fourth-order valence-corrected chi connectivity index (χ4v) is 1.45. The maximum Gasteiger partial charge on any atom is 0.164 e. The molecule has 1 aliphatic rings. The first kappa shape index (κ1) is 10.3. The smallest absolute Gasteiger partial charge is 0.164 e. The average Bonchev–Trinajstić information content (AvgIpc) is 2.52. The molecule has 0 spiro atoms. The molecular weight excluding hydrogens is 168 g/mol. The van der Waals surface area contributed by atoms with E-state index >= 15 is 0 Å². The predicted molar refractivity (Wildman–Crippen MR) is 50.0 cm³/mol. The lowest BCUT2D eigenvalue weighted by molar-refractivity contribution is -0.116. The van der Waals surface area contributed by atoms with Crippen LogP contribution in [0.3, 0.4) is 0 Å². The predicted octanol–water partition coefficient (Wildman–Crippen LogP) is 0.710. The van der Waals surface area contributed by atoms with Crippen molar-refractivity contribution < 1.29 is 9.53 Å². The van der Waals surface area contributed by atoms with Gasteiger partial charge in [-0.15, -0.1) is 0 Å². The van der Waals surface area contributed by atoms with E-state index in [1.807, 2.05) is 0 Å². The number of nitrogens with one attached hydrogen (secondary N) is 2. The number of hydrogen-bond donors (Lipinski definition) is 2. The van der Waals surface area contributed by atoms with Gasteiger partial charge in [-0.2, -0.15) is 0 Å². The summed E-state index contributed by atoms with van der Waals surface area (Å²) < 4.78 is 5.12. The second kappa shape index (κ2) is 5.09. The summed E-state index contributed by atoms with van der Waals surface area (Å²) in [6, 6.07) is 0.147. The van der Waals surface area contributed by atoms with Gasteiger partial charge in [0.15, 0.2) is 12.5 Å². The number of aldehydes is 1. The monoisotopic (exact) mass is 184 g/mol. The zero-order valence-electron chi connectivity index (χ0n) is 7.88. The van der Waals surface area contributed by atoms with Crippen molar-refractivity contribution in [3.05, 3.63) is 0 Å². The molecule has 1 rings (SSSR count). The highest BCUT2D eigenvalue weighted by Gasteiger charge is 2.24. The van der Waals surface area contributed by atoms with Crippen LogP contribution >= 0.6 is 0 Å². The largest absolute Gasteiger partial charge is 0.355 e. The van der Waals surface area contributed by atoms with E-state index in [0.29, 0.717) is 13.0 Å². The van der Waals surface area contributed by atoms with Gasteiger partial charge in [0.2, 0.25) is 0 Å². The van der Waals surface area contributed by atoms with Gasteiger partial charge >= 0.3 is 0 Å². The van der Waals surface area contributed by atoms with Crippen LogP contribution in [0.5, 0.6) is 0 Å². The Hall–Kier alpha value is -0.740. The zero-order valence-corrected chi connectivity index (χ0v) is 7.88. The SMILES string of the molecule is CCCC(=N)CC1COC(C=O)N1. The van der Waals surface area contributed by atoms with Crippen LogP contribution in [0.2, 0.25) is 0 Å². The number of rotatable bonds is 5. The summed E-state index contributed by atoms with van der Waals surface area (Å²) in [5, 5.41) is 10.6. The molecule has 0 aromatic carbocycles. The second-order valence-electron chi connectivity index (χ2n) is 3.31. The van der Waals surface area contributed by atoms with Gasteiger partial charge in [-0.1, -0.05) is 13.3 Å². The molecule has 0 amide bonds. The Balaban J connectivity index is 2.23. The first-order valence-corrected chi connectivity index (χ1v) is 4.65. The molecule has 74 valence electrons. The van der Waals surface area contributed by atoms with Crippen molar-refractivity contribution in [1.29, 1.82) is 5.41 Å². The summed E-state index contributed by atoms with van der Waals surface area (Å²) in [5.74, 6) is 0. The third kappa shape index (κ3) is 3.24. The Morgan fingerprint density at radius 2 is 2.54 bits per heavy atom. The molecule has 1 saturated heterocycles. The molecule has 2 N–H and O–H groups in total. The molecule has 0 radical (unpaired) electrons. The Morgan fingerprint density at radius 3 is 3.08 bits per heavy atom. The van der Waals surface area contributed by atoms with Crippen molar-refractivity contribution in [3.63, 3.8) is 0 Å². The summed E-state index contributed by atoms with van der Waals surface area (Å²) in [7, 11) is 0. The second-order valence-corrected chi connectivity index (χ2v) is 3.31. The Morgan fingerprint density at radius 1 is 1.77 bits per heavy atom. The summed E-state index contributed by atoms with van der Waals surface area (Å²) in [4.78, 5) is 10.3. The van der Waals surface area contributed by atoms with Gasteiger partial charge in [-0.05, 0) is 6.42 Å². The van der Waals surface area contributed by atoms with Gasteiger partial charge in [-0.25, -0.2) is 0 Å². The van der Waals surface area contributed by atoms with E-state index in [0.717, 1.165) is 24.8 Å². The van der Waals surface area contributed by atoms with Crippen LogP contribution in [0, 0.1) is 5.41 Å². The summed E-state index contributed by atoms with van der Waals surface area (Å²) in [6.07, 6.45) is 2.83. The minimum Gasteiger partial charge on any atom is -0.355 e. The highest BCUT2D eigenvalue weighted by Crippen LogP contribution is 2.07. The molecule has 2 atom stereocenters. The molecular formula is C9H16N2O2. The molecule has 1 heterocycles. The first-order chi connectivity index (χ1) is 6.26. The van der Waals surface area contributed by atoms with E-state index < -0.39 is 6.23 Å². The summed E-state index contributed by atoms with van der Waals surface area (Å²) in [5.41, 5.74) is 0.732. The normalized spacial score (nSPS) is 27.5. The summed E-state index contributed by atoms with van der Waals surface area (Å²) in [6.45, 7) is 2.59. The van der Waals surface area contributed by atoms with Gasteiger partial charge in [0, 0.05) is 18.2 Å². The van der Waals surface area contributed by atoms with Crippen molar-refractivity contribution in [2.45, 2.75) is 38.5 Å². The number of hydrogen-bond acceptors (Lipinski definition) is 4. The van der Waals surface area contributed by atoms with Gasteiger partial charge in [0.05, 0.1) is 6.61 Å². The van der Waals surface area contributed by atoms with Crippen molar-refractivity contribution in [3.8, 4) is 0 Å². The van der Waals surface area contributed by atoms with Crippen LogP contribution in [-0.4, -0.2) is 30.9 Å². The third-order valence-electron chi connectivity index (χ3n) is 2.05. The van der Waals surface area contributed by atoms with Crippen molar-refractivity contribution in [2.75, 3.05) is 6.61 Å². The molecule has 1 fully saturated rings. The Kier molecular flexibility index (Phi) is 4.05. The van der Waals surface area contributed by atoms with Gasteiger partial charge < -0.3 is 10.1 Å². The number of carbonyl (C=O) groups is 1. The molecule has 13 heavy (non-hydrogen) atoms. The van der Waals surface area contributed by atoms with E-state index in [-0.39, 0.29) is 6.04 Å². The number of ether oxygens (including phenoxy) is 1. The topological polar surface area (TPSA) is 62.2 Å². The first-order valence-electron chi connectivity index (χ1n) is 4.65. The fraction of sp³-hybridized carbons (Fsp3) is 0.778. The minimum absolute atomic E-state index is 0.147. The lowest BCUT2D eigenvalue weighted by Crippen LogP contribution is -2.32. The lowest BCUT2D eigenvalue weighted by Gasteiger charge is -2.08. The molecule has 2 unspecified atom stereocenters. The maximum absolute atomic E-state index is 10.3.